The van der Waals surface area contributed by atoms with Crippen molar-refractivity contribution >= 4 is 23.3 Å². The molecule has 4 aromatic carbocycles. The van der Waals surface area contributed by atoms with Crippen LogP contribution < -0.4 is 39.4 Å². The molecular weight excluding hydrogens is 785 g/mol. The fourth-order valence-electron chi connectivity index (χ4n) is 9.84. The van der Waals surface area contributed by atoms with E-state index in [0.29, 0.717) is 50.7 Å². The van der Waals surface area contributed by atoms with Gasteiger partial charge < -0.3 is 49.6 Å². The highest BCUT2D eigenvalue weighted by Crippen LogP contribution is 2.43. The molecule has 2 saturated heterocycles. The van der Waals surface area contributed by atoms with Gasteiger partial charge in [0.15, 0.2) is 23.0 Å². The van der Waals surface area contributed by atoms with Crippen molar-refractivity contribution in [2.75, 3.05) is 62.4 Å². The summed E-state index contributed by atoms with van der Waals surface area (Å²) in [6.07, 6.45) is 10.3. The van der Waals surface area contributed by atoms with E-state index in [4.69, 9.17) is 29.2 Å². The van der Waals surface area contributed by atoms with Crippen molar-refractivity contribution in [1.29, 1.82) is 0 Å². The van der Waals surface area contributed by atoms with E-state index in [-0.39, 0.29) is 11.1 Å². The fraction of sp³-hybridized carbons (Fsp3) is 0.440. The van der Waals surface area contributed by atoms with Crippen LogP contribution in [0.1, 0.15) is 61.8 Å². The van der Waals surface area contributed by atoms with Crippen LogP contribution in [0, 0.1) is 0 Å². The van der Waals surface area contributed by atoms with Crippen LogP contribution in [0.5, 0.6) is 23.0 Å². The number of para-hydroxylation sites is 2. The second-order valence-electron chi connectivity index (χ2n) is 17.7. The van der Waals surface area contributed by atoms with Gasteiger partial charge in [0.25, 0.3) is 0 Å². The van der Waals surface area contributed by atoms with Gasteiger partial charge in [-0.2, -0.15) is 0 Å². The topological polar surface area (TPSA) is 142 Å². The van der Waals surface area contributed by atoms with E-state index >= 15 is 0 Å². The van der Waals surface area contributed by atoms with Crippen molar-refractivity contribution in [2.45, 2.75) is 88.4 Å². The molecule has 2 fully saturated rings. The minimum atomic E-state index is -1.26. The summed E-state index contributed by atoms with van der Waals surface area (Å²) in [4.78, 5) is 24.0. The van der Waals surface area contributed by atoms with Crippen LogP contribution in [-0.2, 0) is 35.3 Å². The Kier molecular flexibility index (Phi) is 13.2. The zero-order chi connectivity index (χ0) is 43.1. The molecule has 62 heavy (non-hydrogen) atoms. The van der Waals surface area contributed by atoms with Gasteiger partial charge in [-0.3, -0.25) is 0 Å². The third kappa shape index (κ3) is 10.5. The number of piperidine rings is 2. The zero-order valence-corrected chi connectivity index (χ0v) is 35.9. The number of carboxylic acid groups (broad SMARTS) is 2. The highest BCUT2D eigenvalue weighted by atomic mass is 16.6. The molecule has 2 aliphatic carbocycles. The van der Waals surface area contributed by atoms with Gasteiger partial charge in [-0.05, 0) is 112 Å². The Morgan fingerprint density at radius 1 is 0.532 bits per heavy atom. The van der Waals surface area contributed by atoms with Crippen molar-refractivity contribution in [3.05, 3.63) is 119 Å². The summed E-state index contributed by atoms with van der Waals surface area (Å²) in [5.41, 5.74) is 8.84. The predicted molar refractivity (Wildman–Crippen MR) is 241 cm³/mol. The summed E-state index contributed by atoms with van der Waals surface area (Å²) in [5.74, 6) is 1.10. The number of hydrogen-bond donors (Lipinski definition) is 4. The van der Waals surface area contributed by atoms with E-state index in [1.165, 1.54) is 33.6 Å². The van der Waals surface area contributed by atoms with Crippen LogP contribution in [0.25, 0.3) is 0 Å². The van der Waals surface area contributed by atoms with Gasteiger partial charge in [0.1, 0.15) is 26.4 Å². The van der Waals surface area contributed by atoms with Gasteiger partial charge in [0.05, 0.1) is 11.4 Å². The number of rotatable bonds is 8. The van der Waals surface area contributed by atoms with E-state index < -0.39 is 11.9 Å². The molecule has 0 radical (unpaired) electrons. The molecule has 10 rings (SSSR count). The maximum absolute atomic E-state index is 9.55. The molecule has 0 atom stereocenters. The van der Waals surface area contributed by atoms with Gasteiger partial charge in [-0.15, -0.1) is 0 Å². The first-order valence-electron chi connectivity index (χ1n) is 22.1. The average Bonchev–Trinajstić information content (AvgIpc) is 3.89. The lowest BCUT2D eigenvalue weighted by Crippen LogP contribution is -2.55. The molecule has 4 aliphatic heterocycles. The summed E-state index contributed by atoms with van der Waals surface area (Å²) in [5, 5.41) is 23.6. The predicted octanol–water partition coefficient (Wildman–Crippen LogP) is 6.86. The SMILES string of the molecule is CC1(NC2Cc3ccccc3C2)CCN(c2cccc3c2OCCO3)CC1.CC1(NC2Cc3ccccc3C2)CCN(c2cccc3c2OCCO3)CC1.O=C(O)/C=C/C(=O)O. The third-order valence-electron chi connectivity index (χ3n) is 13.1. The Hall–Kier alpha value is -5.72. The minimum Gasteiger partial charge on any atom is -0.486 e. The van der Waals surface area contributed by atoms with Crippen LogP contribution in [0.4, 0.5) is 11.4 Å². The van der Waals surface area contributed by atoms with E-state index in [9.17, 15) is 9.59 Å². The number of fused-ring (bicyclic) bond motifs is 4. The van der Waals surface area contributed by atoms with Crippen LogP contribution >= 0.6 is 0 Å². The molecule has 12 nitrogen and oxygen atoms in total. The number of nitrogens with one attached hydrogen (secondary N) is 2. The molecule has 328 valence electrons. The van der Waals surface area contributed by atoms with Crippen LogP contribution in [0.15, 0.2) is 97.1 Å². The summed E-state index contributed by atoms with van der Waals surface area (Å²) in [6.45, 7) is 11.5. The first-order valence-corrected chi connectivity index (χ1v) is 22.1. The maximum Gasteiger partial charge on any atom is 0.328 e. The van der Waals surface area contributed by atoms with Crippen LogP contribution in [-0.4, -0.2) is 97.9 Å². The number of aliphatic carboxylic acids is 2. The number of ether oxygens (including phenoxy) is 4. The Labute approximate surface area is 364 Å². The molecule has 0 saturated carbocycles. The Bertz CT molecular complexity index is 2020. The second kappa shape index (κ2) is 19.1. The van der Waals surface area contributed by atoms with Crippen molar-refractivity contribution in [3.8, 4) is 23.0 Å². The normalized spacial score (nSPS) is 19.6. The number of anilines is 2. The molecule has 0 unspecified atom stereocenters. The molecule has 6 aliphatic rings. The number of benzene rings is 4. The Balaban J connectivity index is 0.000000146. The number of carbonyl (C=O) groups is 2. The van der Waals surface area contributed by atoms with Crippen LogP contribution in [0.3, 0.4) is 0 Å². The number of hydrogen-bond acceptors (Lipinski definition) is 10. The Morgan fingerprint density at radius 3 is 1.21 bits per heavy atom. The van der Waals surface area contributed by atoms with Gasteiger partial charge in [-0.1, -0.05) is 60.7 Å². The highest BCUT2D eigenvalue weighted by Gasteiger charge is 2.37. The first-order chi connectivity index (χ1) is 30.0. The van der Waals surface area contributed by atoms with Crippen molar-refractivity contribution in [1.82, 2.24) is 10.6 Å². The third-order valence-corrected chi connectivity index (χ3v) is 13.1. The van der Waals surface area contributed by atoms with E-state index in [1.54, 1.807) is 0 Å². The molecule has 0 amide bonds. The smallest absolute Gasteiger partial charge is 0.328 e. The molecule has 12 heteroatoms. The number of carboxylic acids is 2. The second-order valence-corrected chi connectivity index (χ2v) is 17.7. The molecule has 4 N–H and O–H groups in total. The quantitative estimate of drug-likeness (QED) is 0.138. The van der Waals surface area contributed by atoms with Gasteiger partial charge in [-0.25, -0.2) is 9.59 Å². The molecule has 0 bridgehead atoms. The summed E-state index contributed by atoms with van der Waals surface area (Å²) >= 11 is 0. The molecule has 0 aromatic heterocycles. The van der Waals surface area contributed by atoms with Crippen molar-refractivity contribution in [2.24, 2.45) is 0 Å². The Morgan fingerprint density at radius 2 is 0.871 bits per heavy atom. The number of nitrogens with zero attached hydrogens (tertiary/aromatic N) is 2. The highest BCUT2D eigenvalue weighted by molar-refractivity contribution is 5.89. The van der Waals surface area contributed by atoms with E-state index in [1.807, 2.05) is 12.1 Å². The van der Waals surface area contributed by atoms with Crippen molar-refractivity contribution < 1.29 is 38.7 Å². The maximum atomic E-state index is 9.55. The summed E-state index contributed by atoms with van der Waals surface area (Å²) in [6, 6.07) is 31.4. The minimum absolute atomic E-state index is 0.204. The van der Waals surface area contributed by atoms with E-state index in [0.717, 1.165) is 101 Å². The molecule has 4 aromatic rings. The molecule has 0 spiro atoms. The van der Waals surface area contributed by atoms with Crippen molar-refractivity contribution in [3.63, 3.8) is 0 Å². The monoisotopic (exact) mass is 844 g/mol. The van der Waals surface area contributed by atoms with Crippen LogP contribution in [0.2, 0.25) is 0 Å². The lowest BCUT2D eigenvalue weighted by molar-refractivity contribution is -0.134. The fourth-order valence-corrected chi connectivity index (χ4v) is 9.84. The standard InChI is InChI=1S/2C23H28N2O2.C4H4O4/c2*1-23(24-19-15-17-5-2-3-6-18(17)16-19)9-11-25(12-10-23)20-7-4-8-21-22(20)27-14-13-26-21;5-3(6)1-2-4(7)8/h2*2-8,19,24H,9-16H2,1H3;1-2H,(H,5,6)(H,7,8)/b;;2-1+. The van der Waals surface area contributed by atoms with Gasteiger partial charge in [0.2, 0.25) is 0 Å². The lowest BCUT2D eigenvalue weighted by atomic mass is 9.88. The zero-order valence-electron chi connectivity index (χ0n) is 35.9. The summed E-state index contributed by atoms with van der Waals surface area (Å²) in [7, 11) is 0. The average molecular weight is 845 g/mol. The largest absolute Gasteiger partial charge is 0.486 e. The molecule has 4 heterocycles. The summed E-state index contributed by atoms with van der Waals surface area (Å²) < 4.78 is 23.3. The molecular formula is C50H60N4O8. The van der Waals surface area contributed by atoms with E-state index in [2.05, 4.69) is 107 Å². The lowest BCUT2D eigenvalue weighted by Gasteiger charge is -2.43. The van der Waals surface area contributed by atoms with Gasteiger partial charge >= 0.3 is 11.9 Å². The van der Waals surface area contributed by atoms with Gasteiger partial charge in [0, 0.05) is 61.5 Å². The first kappa shape index (κ1) is 42.9.